The van der Waals surface area contributed by atoms with Crippen molar-refractivity contribution >= 4 is 29.6 Å². The molecule has 1 aromatic heterocycles. The van der Waals surface area contributed by atoms with Gasteiger partial charge >= 0.3 is 0 Å². The first-order valence-corrected chi connectivity index (χ1v) is 12.0. The fourth-order valence-electron chi connectivity index (χ4n) is 3.48. The molecule has 0 radical (unpaired) electrons. The molecule has 3 N–H and O–H groups in total. The zero-order chi connectivity index (χ0) is 23.3. The summed E-state index contributed by atoms with van der Waals surface area (Å²) in [5.74, 6) is -0.399. The third kappa shape index (κ3) is 6.19. The molecular formula is C24H33F2N5S. The van der Waals surface area contributed by atoms with E-state index in [4.69, 9.17) is 10.7 Å². The van der Waals surface area contributed by atoms with Gasteiger partial charge in [-0.15, -0.1) is 11.8 Å². The molecule has 0 saturated heterocycles. The Morgan fingerprint density at radius 2 is 2.00 bits per heavy atom. The number of alkyl halides is 2. The first kappa shape index (κ1) is 24.5. The highest BCUT2D eigenvalue weighted by Crippen LogP contribution is 2.31. The second-order valence-corrected chi connectivity index (χ2v) is 9.72. The van der Waals surface area contributed by atoms with Gasteiger partial charge in [-0.05, 0) is 42.9 Å². The predicted octanol–water partition coefficient (Wildman–Crippen LogP) is 4.86. The molecule has 2 unspecified atom stereocenters. The number of hydrogen-bond acceptors (Lipinski definition) is 6. The molecule has 1 heterocycles. The molecule has 1 aliphatic carbocycles. The van der Waals surface area contributed by atoms with Crippen molar-refractivity contribution in [1.82, 2.24) is 9.97 Å². The van der Waals surface area contributed by atoms with E-state index in [0.717, 1.165) is 30.0 Å². The fourth-order valence-corrected chi connectivity index (χ4v) is 4.54. The summed E-state index contributed by atoms with van der Waals surface area (Å²) in [5.41, 5.74) is 8.15. The van der Waals surface area contributed by atoms with Crippen LogP contribution in [0.25, 0.3) is 6.08 Å². The molecule has 174 valence electrons. The number of rotatable bonds is 9. The summed E-state index contributed by atoms with van der Waals surface area (Å²) >= 11 is 1.78. The van der Waals surface area contributed by atoms with Gasteiger partial charge in [0.15, 0.2) is 0 Å². The van der Waals surface area contributed by atoms with E-state index in [1.807, 2.05) is 30.2 Å². The maximum absolute atomic E-state index is 13.9. The number of halogens is 2. The first-order valence-electron chi connectivity index (χ1n) is 11.0. The van der Waals surface area contributed by atoms with Gasteiger partial charge in [0.2, 0.25) is 5.95 Å². The minimum Gasteiger partial charge on any atom is -0.364 e. The van der Waals surface area contributed by atoms with Crippen LogP contribution >= 0.6 is 11.8 Å². The third-order valence-corrected chi connectivity index (χ3v) is 7.10. The lowest BCUT2D eigenvalue weighted by Gasteiger charge is -2.23. The zero-order valence-electron chi connectivity index (χ0n) is 19.2. The molecule has 0 saturated carbocycles. The van der Waals surface area contributed by atoms with E-state index < -0.39 is 19.0 Å². The molecule has 0 bridgehead atoms. The topological polar surface area (TPSA) is 67.1 Å². The number of thioether (sulfide) groups is 1. The highest BCUT2D eigenvalue weighted by atomic mass is 32.2. The summed E-state index contributed by atoms with van der Waals surface area (Å²) in [6.07, 6.45) is 4.86. The molecule has 1 aliphatic rings. The number of nitrogens with zero attached hydrogens (tertiary/aromatic N) is 3. The van der Waals surface area contributed by atoms with Crippen molar-refractivity contribution < 1.29 is 8.78 Å². The summed E-state index contributed by atoms with van der Waals surface area (Å²) in [7, 11) is 1.93. The largest absolute Gasteiger partial charge is 0.364 e. The Kier molecular flexibility index (Phi) is 8.11. The van der Waals surface area contributed by atoms with Gasteiger partial charge in [0, 0.05) is 29.8 Å². The molecular weight excluding hydrogens is 428 g/mol. The number of fused-ring (bicyclic) bond motifs is 1. The minimum atomic E-state index is -2.99. The fraction of sp³-hybridized carbons (Fsp3) is 0.500. The summed E-state index contributed by atoms with van der Waals surface area (Å²) in [5, 5.41) is 2.86. The maximum Gasteiger partial charge on any atom is 0.276 e. The van der Waals surface area contributed by atoms with Gasteiger partial charge in [0.05, 0.1) is 18.8 Å². The van der Waals surface area contributed by atoms with E-state index in [1.165, 1.54) is 10.5 Å². The number of nitrogens with two attached hydrogens (primary N) is 1. The summed E-state index contributed by atoms with van der Waals surface area (Å²) in [4.78, 5) is 12.7. The molecule has 0 fully saturated rings. The van der Waals surface area contributed by atoms with Crippen molar-refractivity contribution in [2.24, 2.45) is 17.6 Å². The smallest absolute Gasteiger partial charge is 0.276 e. The van der Waals surface area contributed by atoms with Crippen LogP contribution in [0.1, 0.15) is 30.7 Å². The number of anilines is 2. The van der Waals surface area contributed by atoms with E-state index in [0.29, 0.717) is 23.6 Å². The van der Waals surface area contributed by atoms with Crippen LogP contribution in [0.2, 0.25) is 0 Å². The van der Waals surface area contributed by atoms with Gasteiger partial charge in [0.1, 0.15) is 5.82 Å². The van der Waals surface area contributed by atoms with Gasteiger partial charge in [-0.25, -0.2) is 13.8 Å². The Morgan fingerprint density at radius 1 is 1.25 bits per heavy atom. The molecule has 2 aromatic rings. The van der Waals surface area contributed by atoms with Crippen LogP contribution in [0.15, 0.2) is 35.2 Å². The maximum atomic E-state index is 13.9. The van der Waals surface area contributed by atoms with E-state index in [2.05, 4.69) is 49.3 Å². The molecule has 1 aromatic carbocycles. The number of benzene rings is 1. The van der Waals surface area contributed by atoms with Crippen LogP contribution in [0.5, 0.6) is 0 Å². The Morgan fingerprint density at radius 3 is 2.72 bits per heavy atom. The minimum absolute atomic E-state index is 0.362. The van der Waals surface area contributed by atoms with Crippen molar-refractivity contribution in [3.63, 3.8) is 0 Å². The zero-order valence-corrected chi connectivity index (χ0v) is 20.1. The number of hydrogen-bond donors (Lipinski definition) is 2. The Labute approximate surface area is 193 Å². The average molecular weight is 462 g/mol. The molecule has 2 atom stereocenters. The molecule has 0 amide bonds. The Balaban J connectivity index is 1.81. The van der Waals surface area contributed by atoms with Crippen LogP contribution in [-0.4, -0.2) is 48.3 Å². The van der Waals surface area contributed by atoms with Crippen molar-refractivity contribution in [3.05, 3.63) is 47.2 Å². The van der Waals surface area contributed by atoms with Gasteiger partial charge in [-0.1, -0.05) is 38.1 Å². The highest BCUT2D eigenvalue weighted by molar-refractivity contribution is 7.99. The van der Waals surface area contributed by atoms with Gasteiger partial charge < -0.3 is 16.0 Å². The number of aryl methyl sites for hydroxylation is 1. The quantitative estimate of drug-likeness (QED) is 0.520. The average Bonchev–Trinajstić information content (AvgIpc) is 2.91. The summed E-state index contributed by atoms with van der Waals surface area (Å²) < 4.78 is 27.7. The standard InChI is InChI=1S/C24H33F2N5S/c1-16-9-10-20-19(13-18(16)3)22(28-15-24(25,26)14-27)30-23(29-20)31(4)11-12-32-21-8-6-5-7-17(21)2/h5-10,16,18H,11-15,27H2,1-4H3,(H,28,29,30). The molecule has 0 aliphatic heterocycles. The highest BCUT2D eigenvalue weighted by Gasteiger charge is 2.28. The predicted molar refractivity (Wildman–Crippen MR) is 131 cm³/mol. The molecule has 3 rings (SSSR count). The van der Waals surface area contributed by atoms with Crippen LogP contribution in [-0.2, 0) is 6.42 Å². The number of allylic oxidation sites excluding steroid dienone is 1. The van der Waals surface area contributed by atoms with Crippen LogP contribution in [0, 0.1) is 18.8 Å². The summed E-state index contributed by atoms with van der Waals surface area (Å²) in [6, 6.07) is 8.29. The number of aromatic nitrogens is 2. The number of nitrogens with one attached hydrogen (secondary N) is 1. The third-order valence-electron chi connectivity index (χ3n) is 5.94. The van der Waals surface area contributed by atoms with Crippen molar-refractivity contribution in [3.8, 4) is 0 Å². The first-order chi connectivity index (χ1) is 15.2. The van der Waals surface area contributed by atoms with Crippen LogP contribution in [0.4, 0.5) is 20.5 Å². The second kappa shape index (κ2) is 10.6. The molecule has 5 nitrogen and oxygen atoms in total. The molecule has 32 heavy (non-hydrogen) atoms. The SMILES string of the molecule is Cc1ccccc1SCCN(C)c1nc2c(c(NCC(F)(F)CN)n1)CC(C)C(C)C=C2. The Hall–Kier alpha value is -2.19. The van der Waals surface area contributed by atoms with Crippen molar-refractivity contribution in [2.75, 3.05) is 42.7 Å². The lowest BCUT2D eigenvalue weighted by molar-refractivity contribution is 0.0253. The van der Waals surface area contributed by atoms with Gasteiger partial charge in [0.25, 0.3) is 5.92 Å². The molecule has 0 spiro atoms. The lowest BCUT2D eigenvalue weighted by atomic mass is 9.91. The summed E-state index contributed by atoms with van der Waals surface area (Å²) in [6.45, 7) is 5.89. The van der Waals surface area contributed by atoms with E-state index in [1.54, 1.807) is 11.8 Å². The monoisotopic (exact) mass is 461 g/mol. The van der Waals surface area contributed by atoms with E-state index in [-0.39, 0.29) is 0 Å². The van der Waals surface area contributed by atoms with E-state index >= 15 is 0 Å². The van der Waals surface area contributed by atoms with Crippen LogP contribution < -0.4 is 16.0 Å². The second-order valence-electron chi connectivity index (χ2n) is 8.58. The molecule has 8 heteroatoms. The van der Waals surface area contributed by atoms with Gasteiger partial charge in [-0.2, -0.15) is 4.98 Å². The van der Waals surface area contributed by atoms with E-state index in [9.17, 15) is 8.78 Å². The van der Waals surface area contributed by atoms with Crippen molar-refractivity contribution in [2.45, 2.75) is 38.0 Å². The van der Waals surface area contributed by atoms with Gasteiger partial charge in [-0.3, -0.25) is 0 Å². The lowest BCUT2D eigenvalue weighted by Crippen LogP contribution is -2.36. The Bertz CT molecular complexity index is 950. The van der Waals surface area contributed by atoms with Crippen LogP contribution in [0.3, 0.4) is 0 Å². The van der Waals surface area contributed by atoms with Crippen molar-refractivity contribution in [1.29, 1.82) is 0 Å². The normalized spacial score (nSPS) is 18.2.